The fourth-order valence-electron chi connectivity index (χ4n) is 3.27. The summed E-state index contributed by atoms with van der Waals surface area (Å²) < 4.78 is 4.68. The average molecular weight is 373 g/mol. The first-order chi connectivity index (χ1) is 13.6. The highest BCUT2D eigenvalue weighted by molar-refractivity contribution is 6.13. The van der Waals surface area contributed by atoms with Gasteiger partial charge in [-0.25, -0.2) is 9.78 Å². The minimum absolute atomic E-state index is 0.242. The molecule has 6 nitrogen and oxygen atoms in total. The zero-order chi connectivity index (χ0) is 19.7. The number of ether oxygens (including phenoxy) is 1. The van der Waals surface area contributed by atoms with Crippen molar-refractivity contribution in [1.82, 2.24) is 15.3 Å². The Balaban J connectivity index is 1.89. The summed E-state index contributed by atoms with van der Waals surface area (Å²) in [6.07, 6.45) is 0. The van der Waals surface area contributed by atoms with Crippen molar-refractivity contribution in [3.05, 3.63) is 66.4 Å². The van der Waals surface area contributed by atoms with Crippen molar-refractivity contribution in [2.75, 3.05) is 7.11 Å². The van der Waals surface area contributed by atoms with Crippen LogP contribution in [-0.2, 0) is 9.53 Å². The van der Waals surface area contributed by atoms with Gasteiger partial charge in [0.2, 0.25) is 0 Å². The van der Waals surface area contributed by atoms with Gasteiger partial charge in [-0.2, -0.15) is 0 Å². The summed E-state index contributed by atoms with van der Waals surface area (Å²) in [5.74, 6) is -0.938. The van der Waals surface area contributed by atoms with Crippen molar-refractivity contribution in [2.24, 2.45) is 0 Å². The van der Waals surface area contributed by atoms with Crippen LogP contribution in [-0.4, -0.2) is 35.0 Å². The van der Waals surface area contributed by atoms with E-state index < -0.39 is 17.9 Å². The number of amides is 1. The molecule has 140 valence electrons. The summed E-state index contributed by atoms with van der Waals surface area (Å²) in [6.45, 7) is 1.58. The second kappa shape index (κ2) is 7.15. The van der Waals surface area contributed by atoms with Crippen molar-refractivity contribution in [3.8, 4) is 11.3 Å². The number of nitrogens with zero attached hydrogens (tertiary/aromatic N) is 1. The monoisotopic (exact) mass is 373 g/mol. The van der Waals surface area contributed by atoms with Crippen LogP contribution >= 0.6 is 0 Å². The van der Waals surface area contributed by atoms with Crippen LogP contribution in [0.3, 0.4) is 0 Å². The number of pyridine rings is 1. The molecule has 0 aliphatic carbocycles. The summed E-state index contributed by atoms with van der Waals surface area (Å²) in [7, 11) is 1.29. The lowest BCUT2D eigenvalue weighted by atomic mass is 10.1. The van der Waals surface area contributed by atoms with Crippen LogP contribution in [0, 0.1) is 0 Å². The first-order valence-electron chi connectivity index (χ1n) is 8.94. The predicted octanol–water partition coefficient (Wildman–Crippen LogP) is 3.67. The lowest BCUT2D eigenvalue weighted by Crippen LogP contribution is -2.39. The summed E-state index contributed by atoms with van der Waals surface area (Å²) >= 11 is 0. The van der Waals surface area contributed by atoms with Gasteiger partial charge in [-0.05, 0) is 19.1 Å². The zero-order valence-electron chi connectivity index (χ0n) is 15.5. The van der Waals surface area contributed by atoms with E-state index in [1.54, 1.807) is 13.0 Å². The third-order valence-corrected chi connectivity index (χ3v) is 4.68. The molecule has 2 aromatic carbocycles. The van der Waals surface area contributed by atoms with Crippen LogP contribution in [0.5, 0.6) is 0 Å². The van der Waals surface area contributed by atoms with E-state index in [0.717, 1.165) is 27.4 Å². The highest BCUT2D eigenvalue weighted by Crippen LogP contribution is 2.32. The summed E-state index contributed by atoms with van der Waals surface area (Å²) in [5, 5.41) is 4.55. The van der Waals surface area contributed by atoms with Gasteiger partial charge in [0.15, 0.2) is 0 Å². The number of nitrogens with one attached hydrogen (secondary N) is 2. The van der Waals surface area contributed by atoms with Crippen LogP contribution in [0.4, 0.5) is 0 Å². The molecule has 1 atom stereocenters. The molecule has 0 spiro atoms. The molecule has 2 heterocycles. The van der Waals surface area contributed by atoms with E-state index in [0.29, 0.717) is 5.69 Å². The van der Waals surface area contributed by atoms with Crippen molar-refractivity contribution >= 4 is 33.7 Å². The molecule has 6 heteroatoms. The highest BCUT2D eigenvalue weighted by atomic mass is 16.5. The molecule has 4 rings (SSSR count). The number of carbonyl (C=O) groups excluding carboxylic acids is 2. The molecule has 0 radical (unpaired) electrons. The number of benzene rings is 2. The second-order valence-corrected chi connectivity index (χ2v) is 6.53. The lowest BCUT2D eigenvalue weighted by Gasteiger charge is -2.12. The van der Waals surface area contributed by atoms with Gasteiger partial charge in [-0.1, -0.05) is 48.5 Å². The number of hydrogen-bond donors (Lipinski definition) is 2. The highest BCUT2D eigenvalue weighted by Gasteiger charge is 2.20. The van der Waals surface area contributed by atoms with E-state index in [9.17, 15) is 9.59 Å². The van der Waals surface area contributed by atoms with Gasteiger partial charge < -0.3 is 15.0 Å². The van der Waals surface area contributed by atoms with Crippen LogP contribution in [0.1, 0.15) is 17.4 Å². The molecule has 0 aliphatic rings. The molecule has 4 aromatic rings. The number of fused-ring (bicyclic) bond motifs is 3. The van der Waals surface area contributed by atoms with Gasteiger partial charge in [0, 0.05) is 21.9 Å². The summed E-state index contributed by atoms with van der Waals surface area (Å²) in [4.78, 5) is 32.4. The van der Waals surface area contributed by atoms with Crippen LogP contribution in [0.15, 0.2) is 60.7 Å². The van der Waals surface area contributed by atoms with E-state index in [1.165, 1.54) is 7.11 Å². The molecular formula is C22H19N3O3. The Kier molecular flexibility index (Phi) is 4.53. The van der Waals surface area contributed by atoms with Gasteiger partial charge in [-0.3, -0.25) is 4.79 Å². The number of rotatable bonds is 4. The van der Waals surface area contributed by atoms with Crippen LogP contribution < -0.4 is 5.32 Å². The lowest BCUT2D eigenvalue weighted by molar-refractivity contribution is -0.142. The Morgan fingerprint density at radius 2 is 1.75 bits per heavy atom. The van der Waals surface area contributed by atoms with Crippen molar-refractivity contribution < 1.29 is 14.3 Å². The smallest absolute Gasteiger partial charge is 0.328 e. The number of esters is 1. The number of aromatic nitrogens is 2. The molecule has 0 saturated carbocycles. The maximum atomic E-state index is 12.8. The molecular weight excluding hydrogens is 354 g/mol. The maximum absolute atomic E-state index is 12.8. The molecule has 0 unspecified atom stereocenters. The Morgan fingerprint density at radius 1 is 1.04 bits per heavy atom. The summed E-state index contributed by atoms with van der Waals surface area (Å²) in [6, 6.07) is 18.6. The Labute approximate surface area is 161 Å². The topological polar surface area (TPSA) is 84.1 Å². The SMILES string of the molecule is COC(=O)[C@@H](C)NC(=O)c1cc2c([nH]c3ccccc32)c(-c2ccccc2)n1. The number of hydrogen-bond acceptors (Lipinski definition) is 4. The molecule has 0 saturated heterocycles. The van der Waals surface area contributed by atoms with E-state index >= 15 is 0 Å². The zero-order valence-corrected chi connectivity index (χ0v) is 15.5. The molecule has 0 bridgehead atoms. The molecule has 28 heavy (non-hydrogen) atoms. The van der Waals surface area contributed by atoms with E-state index in [-0.39, 0.29) is 5.69 Å². The van der Waals surface area contributed by atoms with Gasteiger partial charge in [0.1, 0.15) is 11.7 Å². The van der Waals surface area contributed by atoms with Crippen molar-refractivity contribution in [2.45, 2.75) is 13.0 Å². The number of aromatic amines is 1. The van der Waals surface area contributed by atoms with Crippen molar-refractivity contribution in [3.63, 3.8) is 0 Å². The van der Waals surface area contributed by atoms with Crippen LogP contribution in [0.25, 0.3) is 33.1 Å². The normalized spacial score (nSPS) is 12.1. The Morgan fingerprint density at radius 3 is 2.50 bits per heavy atom. The first kappa shape index (κ1) is 17.7. The predicted molar refractivity (Wildman–Crippen MR) is 108 cm³/mol. The maximum Gasteiger partial charge on any atom is 0.328 e. The Hall–Kier alpha value is -3.67. The average Bonchev–Trinajstić information content (AvgIpc) is 3.11. The minimum atomic E-state index is -0.766. The fourth-order valence-corrected chi connectivity index (χ4v) is 3.27. The summed E-state index contributed by atoms with van der Waals surface area (Å²) in [5.41, 5.74) is 3.66. The molecule has 0 aliphatic heterocycles. The minimum Gasteiger partial charge on any atom is -0.467 e. The third kappa shape index (κ3) is 3.09. The third-order valence-electron chi connectivity index (χ3n) is 4.68. The quantitative estimate of drug-likeness (QED) is 0.535. The first-order valence-corrected chi connectivity index (χ1v) is 8.94. The van der Waals surface area contributed by atoms with E-state index in [4.69, 9.17) is 0 Å². The second-order valence-electron chi connectivity index (χ2n) is 6.53. The van der Waals surface area contributed by atoms with Gasteiger partial charge >= 0.3 is 5.97 Å². The molecule has 1 amide bonds. The van der Waals surface area contributed by atoms with Gasteiger partial charge in [-0.15, -0.1) is 0 Å². The van der Waals surface area contributed by atoms with Gasteiger partial charge in [0.05, 0.1) is 18.3 Å². The van der Waals surface area contributed by atoms with E-state index in [1.807, 2.05) is 54.6 Å². The molecule has 0 fully saturated rings. The molecule has 2 aromatic heterocycles. The molecule has 2 N–H and O–H groups in total. The largest absolute Gasteiger partial charge is 0.467 e. The van der Waals surface area contributed by atoms with Gasteiger partial charge in [0.25, 0.3) is 5.91 Å². The Bertz CT molecular complexity index is 1180. The van der Waals surface area contributed by atoms with E-state index in [2.05, 4.69) is 20.0 Å². The number of para-hydroxylation sites is 1. The standard InChI is InChI=1S/C22H19N3O3/c1-13(22(27)28-2)23-21(26)18-12-16-15-10-6-7-11-17(15)24-20(16)19(25-18)14-8-4-3-5-9-14/h3-13,24H,1-2H3,(H,23,26)/t13-/m1/s1. The number of methoxy groups -OCH3 is 1. The van der Waals surface area contributed by atoms with Crippen LogP contribution in [0.2, 0.25) is 0 Å². The van der Waals surface area contributed by atoms with Crippen molar-refractivity contribution in [1.29, 1.82) is 0 Å². The number of carbonyl (C=O) groups is 2. The fraction of sp³-hybridized carbons (Fsp3) is 0.136. The number of H-pyrrole nitrogens is 1.